The van der Waals surface area contributed by atoms with E-state index in [-0.39, 0.29) is 0 Å². The molecule has 0 N–H and O–H groups in total. The summed E-state index contributed by atoms with van der Waals surface area (Å²) in [5.74, 6) is 0.795. The molecule has 0 aromatic heterocycles. The lowest BCUT2D eigenvalue weighted by Crippen LogP contribution is -2.48. The molecule has 1 heterocycles. The van der Waals surface area contributed by atoms with E-state index in [1.54, 1.807) is 0 Å². The second kappa shape index (κ2) is 6.00. The lowest BCUT2D eigenvalue weighted by Gasteiger charge is -2.41. The van der Waals surface area contributed by atoms with Gasteiger partial charge in [-0.2, -0.15) is 0 Å². The Morgan fingerprint density at radius 1 is 1.12 bits per heavy atom. The van der Waals surface area contributed by atoms with E-state index in [1.165, 1.54) is 0 Å². The fraction of sp³-hybridized carbons (Fsp3) is 0.923. The Hall–Kier alpha value is -0.353. The van der Waals surface area contributed by atoms with E-state index in [9.17, 15) is 0 Å². The molecule has 100 valence electrons. The van der Waals surface area contributed by atoms with Gasteiger partial charge in [0.2, 0.25) is 14.2 Å². The average molecular weight is 257 g/mol. The van der Waals surface area contributed by atoms with E-state index in [2.05, 4.69) is 46.5 Å². The summed E-state index contributed by atoms with van der Waals surface area (Å²) in [5.41, 5.74) is 1.85. The molecule has 0 radical (unpaired) electrons. The second-order valence-corrected chi connectivity index (χ2v) is 11.2. The minimum atomic E-state index is -1.76. The zero-order chi connectivity index (χ0) is 13.1. The third-order valence-electron chi connectivity index (χ3n) is 3.80. The Labute approximate surface area is 107 Å². The van der Waals surface area contributed by atoms with Crippen LogP contribution in [0.3, 0.4) is 0 Å². The summed E-state index contributed by atoms with van der Waals surface area (Å²) >= 11 is 0. The molecular weight excluding hydrogens is 230 g/mol. The Kier molecular flexibility index (Phi) is 5.19. The van der Waals surface area contributed by atoms with Crippen molar-refractivity contribution in [1.29, 1.82) is 0 Å². The Morgan fingerprint density at radius 3 is 2.00 bits per heavy atom. The van der Waals surface area contributed by atoms with Crippen LogP contribution in [0.2, 0.25) is 16.6 Å². The van der Waals surface area contributed by atoms with Gasteiger partial charge in [-0.05, 0) is 16.6 Å². The van der Waals surface area contributed by atoms with Crippen molar-refractivity contribution in [2.75, 3.05) is 19.8 Å². The van der Waals surface area contributed by atoms with Crippen LogP contribution in [-0.2, 0) is 9.16 Å². The van der Waals surface area contributed by atoms with Crippen LogP contribution < -0.4 is 0 Å². The normalized spacial score (nSPS) is 16.9. The predicted octanol–water partition coefficient (Wildman–Crippen LogP) is 3.61. The molecule has 0 saturated heterocycles. The highest BCUT2D eigenvalue weighted by Crippen LogP contribution is 2.42. The first-order chi connectivity index (χ1) is 7.91. The molecule has 0 amide bonds. The molecule has 0 saturated carbocycles. The molecule has 0 atom stereocenters. The van der Waals surface area contributed by atoms with E-state index in [1.807, 2.05) is 0 Å². The third kappa shape index (κ3) is 3.10. The van der Waals surface area contributed by atoms with E-state index in [0.29, 0.717) is 23.2 Å². The Balaban J connectivity index is 2.74. The largest absolute Gasteiger partial charge is 0.477 e. The molecule has 0 spiro atoms. The maximum absolute atomic E-state index is 6.38. The zero-order valence-electron chi connectivity index (χ0n) is 12.1. The topological polar surface area (TPSA) is 30.8 Å². The van der Waals surface area contributed by atoms with Gasteiger partial charge in [0.25, 0.3) is 0 Å². The van der Waals surface area contributed by atoms with E-state index in [0.717, 1.165) is 19.0 Å². The Morgan fingerprint density at radius 2 is 1.65 bits per heavy atom. The number of nitrogens with zero attached hydrogens (tertiary/aromatic N) is 1. The molecule has 0 aromatic carbocycles. The van der Waals surface area contributed by atoms with Crippen LogP contribution >= 0.6 is 0 Å². The molecule has 0 fully saturated rings. The summed E-state index contributed by atoms with van der Waals surface area (Å²) in [6, 6.07) is 0. The van der Waals surface area contributed by atoms with E-state index < -0.39 is 8.32 Å². The lowest BCUT2D eigenvalue weighted by molar-refractivity contribution is 0.273. The van der Waals surface area contributed by atoms with Gasteiger partial charge in [0.15, 0.2) is 0 Å². The first-order valence-corrected chi connectivity index (χ1v) is 8.85. The smallest absolute Gasteiger partial charge is 0.208 e. The van der Waals surface area contributed by atoms with Gasteiger partial charge in [-0.1, -0.05) is 41.5 Å². The highest BCUT2D eigenvalue weighted by atomic mass is 28.4. The molecule has 1 rings (SSSR count). The van der Waals surface area contributed by atoms with Crippen LogP contribution in [0, 0.1) is 0 Å². The van der Waals surface area contributed by atoms with Gasteiger partial charge in [-0.25, -0.2) is 0 Å². The molecule has 0 unspecified atom stereocenters. The minimum absolute atomic E-state index is 0.570. The summed E-state index contributed by atoms with van der Waals surface area (Å²) < 4.78 is 11.8. The molecular formula is C13H27NO2Si. The van der Waals surface area contributed by atoms with Gasteiger partial charge in [0, 0.05) is 0 Å². The minimum Gasteiger partial charge on any atom is -0.477 e. The number of hydrogen-bond donors (Lipinski definition) is 0. The number of rotatable bonds is 6. The molecule has 1 aliphatic rings. The standard InChI is InChI=1S/C13H27NO2Si/c1-10(2)17(11(3)4,12(5)6)16-9-13-14-7-8-15-13/h10-12H,7-9H2,1-6H3. The maximum atomic E-state index is 6.38. The van der Waals surface area contributed by atoms with Crippen molar-refractivity contribution in [2.45, 2.75) is 58.2 Å². The monoisotopic (exact) mass is 257 g/mol. The number of aliphatic imine (C=N–C) groups is 1. The van der Waals surface area contributed by atoms with E-state index in [4.69, 9.17) is 9.16 Å². The fourth-order valence-corrected chi connectivity index (χ4v) is 8.53. The van der Waals surface area contributed by atoms with Gasteiger partial charge < -0.3 is 9.16 Å². The molecule has 17 heavy (non-hydrogen) atoms. The first-order valence-electron chi connectivity index (χ1n) is 6.71. The summed E-state index contributed by atoms with van der Waals surface area (Å²) in [6.07, 6.45) is 0. The highest BCUT2D eigenvalue weighted by molar-refractivity contribution is 6.77. The molecule has 0 aromatic rings. The van der Waals surface area contributed by atoms with Crippen LogP contribution in [0.15, 0.2) is 4.99 Å². The van der Waals surface area contributed by atoms with Gasteiger partial charge in [-0.3, -0.25) is 4.99 Å². The maximum Gasteiger partial charge on any atom is 0.208 e. The summed E-state index contributed by atoms with van der Waals surface area (Å²) in [6.45, 7) is 15.9. The van der Waals surface area contributed by atoms with Crippen molar-refractivity contribution in [3.05, 3.63) is 0 Å². The molecule has 0 bridgehead atoms. The Bertz CT molecular complexity index is 253. The molecule has 1 aliphatic heterocycles. The van der Waals surface area contributed by atoms with Crippen LogP contribution in [0.4, 0.5) is 0 Å². The van der Waals surface area contributed by atoms with Gasteiger partial charge in [0.1, 0.15) is 13.2 Å². The first kappa shape index (κ1) is 14.7. The number of hydrogen-bond acceptors (Lipinski definition) is 3. The van der Waals surface area contributed by atoms with Crippen LogP contribution in [0.5, 0.6) is 0 Å². The van der Waals surface area contributed by atoms with Crippen molar-refractivity contribution < 1.29 is 9.16 Å². The van der Waals surface area contributed by atoms with Gasteiger partial charge >= 0.3 is 0 Å². The van der Waals surface area contributed by atoms with Crippen molar-refractivity contribution in [3.8, 4) is 0 Å². The SMILES string of the molecule is CC(C)[Si](OCC1=NCCO1)(C(C)C)C(C)C. The van der Waals surface area contributed by atoms with E-state index >= 15 is 0 Å². The molecule has 0 aliphatic carbocycles. The van der Waals surface area contributed by atoms with Crippen molar-refractivity contribution in [1.82, 2.24) is 0 Å². The molecule has 3 nitrogen and oxygen atoms in total. The van der Waals surface area contributed by atoms with Crippen LogP contribution in [0.1, 0.15) is 41.5 Å². The summed E-state index contributed by atoms with van der Waals surface area (Å²) in [5, 5.41) is 0. The quantitative estimate of drug-likeness (QED) is 0.681. The summed E-state index contributed by atoms with van der Waals surface area (Å²) in [4.78, 5) is 4.31. The van der Waals surface area contributed by atoms with Gasteiger partial charge in [-0.15, -0.1) is 0 Å². The molecule has 4 heteroatoms. The van der Waals surface area contributed by atoms with Crippen LogP contribution in [-0.4, -0.2) is 34.0 Å². The van der Waals surface area contributed by atoms with Crippen molar-refractivity contribution >= 4 is 14.2 Å². The lowest BCUT2D eigenvalue weighted by atomic mass is 10.5. The van der Waals surface area contributed by atoms with Crippen molar-refractivity contribution in [3.63, 3.8) is 0 Å². The number of ether oxygens (including phenoxy) is 1. The van der Waals surface area contributed by atoms with Gasteiger partial charge in [0.05, 0.1) is 6.54 Å². The average Bonchev–Trinajstić information content (AvgIpc) is 2.69. The fourth-order valence-electron chi connectivity index (χ4n) is 3.15. The third-order valence-corrected chi connectivity index (χ3v) is 9.86. The highest BCUT2D eigenvalue weighted by Gasteiger charge is 2.45. The zero-order valence-corrected chi connectivity index (χ0v) is 13.1. The summed E-state index contributed by atoms with van der Waals surface area (Å²) in [7, 11) is -1.76. The van der Waals surface area contributed by atoms with Crippen LogP contribution in [0.25, 0.3) is 0 Å². The van der Waals surface area contributed by atoms with Crippen molar-refractivity contribution in [2.24, 2.45) is 4.99 Å². The predicted molar refractivity (Wildman–Crippen MR) is 75.3 cm³/mol. The second-order valence-electron chi connectivity index (χ2n) is 5.73.